The second kappa shape index (κ2) is 8.18. The zero-order valence-electron chi connectivity index (χ0n) is 15.4. The van der Waals surface area contributed by atoms with E-state index in [1.165, 1.54) is 16.6 Å². The Kier molecular flexibility index (Phi) is 5.91. The number of nitrogens with zero attached hydrogens (tertiary/aromatic N) is 1. The minimum Gasteiger partial charge on any atom is -0.493 e. The van der Waals surface area contributed by atoms with Crippen LogP contribution in [0.2, 0.25) is 0 Å². The molecule has 0 radical (unpaired) electrons. The lowest BCUT2D eigenvalue weighted by molar-refractivity contribution is -0.117. The molecule has 9 heteroatoms. The molecule has 2 heterocycles. The molecule has 1 saturated heterocycles. The molecule has 0 aromatic heterocycles. The molecule has 1 fully saturated rings. The highest BCUT2D eigenvalue weighted by atomic mass is 32.2. The van der Waals surface area contributed by atoms with Gasteiger partial charge < -0.3 is 19.5 Å². The van der Waals surface area contributed by atoms with Gasteiger partial charge in [0.15, 0.2) is 11.5 Å². The molecule has 148 valence electrons. The number of carbonyl (C=O) groups excluding carboxylic acids is 1. The number of amides is 1. The van der Waals surface area contributed by atoms with E-state index in [-0.39, 0.29) is 11.9 Å². The quantitative estimate of drug-likeness (QED) is 0.747. The zero-order valence-corrected chi connectivity index (χ0v) is 16.3. The van der Waals surface area contributed by atoms with Gasteiger partial charge in [-0.15, -0.1) is 0 Å². The maximum absolute atomic E-state index is 12.2. The molecule has 2 aliphatic heterocycles. The van der Waals surface area contributed by atoms with E-state index in [0.29, 0.717) is 56.4 Å². The molecule has 0 atom stereocenters. The summed E-state index contributed by atoms with van der Waals surface area (Å²) in [5.41, 5.74) is 0.762. The van der Waals surface area contributed by atoms with Crippen LogP contribution in [0.4, 0.5) is 0 Å². The van der Waals surface area contributed by atoms with Crippen molar-refractivity contribution in [1.82, 2.24) is 9.62 Å². The number of ether oxygens (including phenoxy) is 3. The van der Waals surface area contributed by atoms with Gasteiger partial charge in [0, 0.05) is 25.2 Å². The van der Waals surface area contributed by atoms with Crippen LogP contribution >= 0.6 is 0 Å². The maximum Gasteiger partial charge on any atom is 0.244 e. The van der Waals surface area contributed by atoms with Gasteiger partial charge in [-0.1, -0.05) is 0 Å². The molecule has 0 unspecified atom stereocenters. The van der Waals surface area contributed by atoms with E-state index in [1.807, 2.05) is 0 Å². The summed E-state index contributed by atoms with van der Waals surface area (Å²) in [7, 11) is -1.61. The van der Waals surface area contributed by atoms with Crippen molar-refractivity contribution in [2.75, 3.05) is 39.7 Å². The third-order valence-electron chi connectivity index (χ3n) is 4.55. The smallest absolute Gasteiger partial charge is 0.244 e. The second-order valence-electron chi connectivity index (χ2n) is 6.53. The number of nitrogens with one attached hydrogen (secondary N) is 1. The molecule has 0 bridgehead atoms. The number of sulfonamides is 1. The summed E-state index contributed by atoms with van der Waals surface area (Å²) in [5, 5.41) is 2.92. The van der Waals surface area contributed by atoms with Crippen LogP contribution in [0.1, 0.15) is 18.4 Å². The number of hydrogen-bond donors (Lipinski definition) is 1. The van der Waals surface area contributed by atoms with Gasteiger partial charge in [-0.2, -0.15) is 0 Å². The van der Waals surface area contributed by atoms with Crippen LogP contribution in [0.15, 0.2) is 18.2 Å². The average Bonchev–Trinajstić information content (AvgIpc) is 2.65. The molecule has 0 saturated carbocycles. The summed E-state index contributed by atoms with van der Waals surface area (Å²) in [6.45, 7) is 1.79. The average molecular weight is 396 g/mol. The molecule has 2 aliphatic rings. The van der Waals surface area contributed by atoms with Crippen LogP contribution in [0.25, 0.3) is 6.08 Å². The van der Waals surface area contributed by atoms with Crippen molar-refractivity contribution >= 4 is 22.0 Å². The fourth-order valence-corrected chi connectivity index (χ4v) is 4.02. The maximum atomic E-state index is 12.2. The number of fused-ring (bicyclic) bond motifs is 1. The number of carbonyl (C=O) groups is 1. The summed E-state index contributed by atoms with van der Waals surface area (Å²) in [5.74, 6) is 1.50. The molecule has 1 amide bonds. The first-order chi connectivity index (χ1) is 12.9. The van der Waals surface area contributed by atoms with Crippen LogP contribution < -0.4 is 19.5 Å². The largest absolute Gasteiger partial charge is 0.493 e. The Labute approximate surface area is 159 Å². The summed E-state index contributed by atoms with van der Waals surface area (Å²) >= 11 is 0. The van der Waals surface area contributed by atoms with Crippen molar-refractivity contribution in [2.24, 2.45) is 0 Å². The van der Waals surface area contributed by atoms with Gasteiger partial charge in [0.25, 0.3) is 0 Å². The standard InChI is InChI=1S/C18H24N2O6S/c1-24-15-11-13(12-16-18(15)26-10-9-25-16)3-4-17(21)19-14-5-7-20(8-6-14)27(2,22)23/h3-4,11-12,14H,5-10H2,1-2H3,(H,19,21)/b4-3+. The molecule has 0 spiro atoms. The fraction of sp³-hybridized carbons (Fsp3) is 0.500. The van der Waals surface area contributed by atoms with E-state index in [2.05, 4.69) is 5.32 Å². The van der Waals surface area contributed by atoms with Crippen molar-refractivity contribution in [3.63, 3.8) is 0 Å². The SMILES string of the molecule is COc1cc(/C=C/C(=O)NC2CCN(S(C)(=O)=O)CC2)cc2c1OCCO2. The number of benzene rings is 1. The van der Waals surface area contributed by atoms with Crippen LogP contribution in [0.5, 0.6) is 17.2 Å². The minimum atomic E-state index is -3.17. The summed E-state index contributed by atoms with van der Waals surface area (Å²) < 4.78 is 41.0. The Balaban J connectivity index is 1.59. The highest BCUT2D eigenvalue weighted by Crippen LogP contribution is 2.40. The predicted octanol–water partition coefficient (Wildman–Crippen LogP) is 1.02. The van der Waals surface area contributed by atoms with Crippen LogP contribution in [0.3, 0.4) is 0 Å². The van der Waals surface area contributed by atoms with Gasteiger partial charge in [0.05, 0.1) is 13.4 Å². The first-order valence-corrected chi connectivity index (χ1v) is 10.6. The summed E-state index contributed by atoms with van der Waals surface area (Å²) in [6, 6.07) is 3.54. The van der Waals surface area contributed by atoms with Crippen LogP contribution in [-0.2, 0) is 14.8 Å². The highest BCUT2D eigenvalue weighted by molar-refractivity contribution is 7.88. The summed E-state index contributed by atoms with van der Waals surface area (Å²) in [6.07, 6.45) is 5.54. The lowest BCUT2D eigenvalue weighted by Gasteiger charge is -2.30. The van der Waals surface area contributed by atoms with Gasteiger partial charge in [-0.05, 0) is 36.6 Å². The minimum absolute atomic E-state index is 0.0325. The molecule has 3 rings (SSSR count). The number of rotatable bonds is 5. The van der Waals surface area contributed by atoms with E-state index in [9.17, 15) is 13.2 Å². The Morgan fingerprint density at radius 3 is 2.63 bits per heavy atom. The Hall–Kier alpha value is -2.26. The van der Waals surface area contributed by atoms with Crippen molar-refractivity contribution in [2.45, 2.75) is 18.9 Å². The van der Waals surface area contributed by atoms with E-state index >= 15 is 0 Å². The van der Waals surface area contributed by atoms with Crippen molar-refractivity contribution in [1.29, 1.82) is 0 Å². The third-order valence-corrected chi connectivity index (χ3v) is 5.85. The topological polar surface area (TPSA) is 94.2 Å². The van der Waals surface area contributed by atoms with Gasteiger partial charge >= 0.3 is 0 Å². The van der Waals surface area contributed by atoms with Crippen molar-refractivity contribution in [3.05, 3.63) is 23.8 Å². The van der Waals surface area contributed by atoms with E-state index in [0.717, 1.165) is 5.56 Å². The monoisotopic (exact) mass is 396 g/mol. The van der Waals surface area contributed by atoms with E-state index in [1.54, 1.807) is 25.3 Å². The third kappa shape index (κ3) is 4.92. The lowest BCUT2D eigenvalue weighted by atomic mass is 10.1. The number of piperidine rings is 1. The van der Waals surface area contributed by atoms with E-state index < -0.39 is 10.0 Å². The summed E-state index contributed by atoms with van der Waals surface area (Å²) in [4.78, 5) is 12.2. The molecular weight excluding hydrogens is 372 g/mol. The highest BCUT2D eigenvalue weighted by Gasteiger charge is 2.25. The molecule has 1 N–H and O–H groups in total. The zero-order chi connectivity index (χ0) is 19.4. The Bertz CT molecular complexity index is 811. The van der Waals surface area contributed by atoms with Gasteiger partial charge in [0.1, 0.15) is 13.2 Å². The fourth-order valence-electron chi connectivity index (χ4n) is 3.14. The van der Waals surface area contributed by atoms with Crippen molar-refractivity contribution < 1.29 is 27.4 Å². The van der Waals surface area contributed by atoms with Gasteiger partial charge in [0.2, 0.25) is 21.7 Å². The second-order valence-corrected chi connectivity index (χ2v) is 8.51. The van der Waals surface area contributed by atoms with Gasteiger partial charge in [-0.25, -0.2) is 12.7 Å². The lowest BCUT2D eigenvalue weighted by Crippen LogP contribution is -2.45. The number of hydrogen-bond acceptors (Lipinski definition) is 6. The van der Waals surface area contributed by atoms with Crippen LogP contribution in [-0.4, -0.2) is 64.3 Å². The molecule has 8 nitrogen and oxygen atoms in total. The first kappa shape index (κ1) is 19.5. The van der Waals surface area contributed by atoms with Crippen molar-refractivity contribution in [3.8, 4) is 17.2 Å². The van der Waals surface area contributed by atoms with Crippen LogP contribution in [0, 0.1) is 0 Å². The Morgan fingerprint density at radius 1 is 1.26 bits per heavy atom. The Morgan fingerprint density at radius 2 is 1.96 bits per heavy atom. The number of methoxy groups -OCH3 is 1. The molecule has 1 aromatic rings. The molecule has 27 heavy (non-hydrogen) atoms. The molecule has 0 aliphatic carbocycles. The van der Waals surface area contributed by atoms with Gasteiger partial charge in [-0.3, -0.25) is 4.79 Å². The normalized spacial score (nSPS) is 18.4. The molecule has 1 aromatic carbocycles. The van der Waals surface area contributed by atoms with E-state index in [4.69, 9.17) is 14.2 Å². The molecular formula is C18H24N2O6S. The predicted molar refractivity (Wildman–Crippen MR) is 101 cm³/mol. The first-order valence-electron chi connectivity index (χ1n) is 8.78.